The smallest absolute Gasteiger partial charge is 0.175 e. The molecule has 0 saturated heterocycles. The topological polar surface area (TPSA) is 60.2 Å². The van der Waals surface area contributed by atoms with E-state index in [2.05, 4.69) is 6.92 Å². The first kappa shape index (κ1) is 11.0. The molecule has 0 aromatic heterocycles. The Morgan fingerprint density at radius 3 is 2.43 bits per heavy atom. The van der Waals surface area contributed by atoms with Gasteiger partial charge in [-0.05, 0) is 24.1 Å². The molecule has 0 aliphatic carbocycles. The first-order valence-electron chi connectivity index (χ1n) is 4.53. The number of anilines is 1. The number of nitrogen functional groups attached to an aromatic ring is 1. The van der Waals surface area contributed by atoms with Crippen LogP contribution < -0.4 is 5.73 Å². The molecule has 14 heavy (non-hydrogen) atoms. The Hall–Kier alpha value is -1.03. The Labute approximate surface area is 84.9 Å². The van der Waals surface area contributed by atoms with Gasteiger partial charge in [-0.15, -0.1) is 0 Å². The Bertz CT molecular complexity index is 424. The largest absolute Gasteiger partial charge is 0.398 e. The third kappa shape index (κ3) is 2.48. The van der Waals surface area contributed by atoms with Crippen LogP contribution in [0.25, 0.3) is 0 Å². The van der Waals surface area contributed by atoms with E-state index < -0.39 is 9.84 Å². The molecule has 0 saturated carbocycles. The van der Waals surface area contributed by atoms with Crippen molar-refractivity contribution in [3.63, 3.8) is 0 Å². The summed E-state index contributed by atoms with van der Waals surface area (Å²) in [6.07, 6.45) is 3.07. The monoisotopic (exact) mass is 213 g/mol. The number of hydrogen-bond donors (Lipinski definition) is 1. The molecule has 0 radical (unpaired) electrons. The summed E-state index contributed by atoms with van der Waals surface area (Å²) in [4.78, 5) is 0.287. The van der Waals surface area contributed by atoms with Crippen LogP contribution in [0.1, 0.15) is 18.9 Å². The molecule has 0 amide bonds. The van der Waals surface area contributed by atoms with Crippen molar-refractivity contribution in [2.24, 2.45) is 0 Å². The maximum atomic E-state index is 11.2. The van der Waals surface area contributed by atoms with Crippen molar-refractivity contribution in [2.75, 3.05) is 12.0 Å². The summed E-state index contributed by atoms with van der Waals surface area (Å²) in [5, 5.41) is 0. The molecule has 0 aliphatic heterocycles. The lowest BCUT2D eigenvalue weighted by molar-refractivity contribution is 0.602. The average Bonchev–Trinajstić information content (AvgIpc) is 2.07. The van der Waals surface area contributed by atoms with Crippen molar-refractivity contribution in [3.8, 4) is 0 Å². The van der Waals surface area contributed by atoms with Crippen LogP contribution in [0, 0.1) is 0 Å². The van der Waals surface area contributed by atoms with E-state index in [0.29, 0.717) is 5.69 Å². The standard InChI is InChI=1S/C10H15NO2S/c1-3-4-8-5-6-9(7-10(8)11)14(2,12)13/h5-7H,3-4,11H2,1-2H3. The third-order valence-corrected chi connectivity index (χ3v) is 3.18. The predicted molar refractivity (Wildman–Crippen MR) is 58.0 cm³/mol. The summed E-state index contributed by atoms with van der Waals surface area (Å²) in [6, 6.07) is 4.92. The molecule has 0 atom stereocenters. The normalized spacial score (nSPS) is 11.6. The highest BCUT2D eigenvalue weighted by Gasteiger charge is 2.08. The fourth-order valence-corrected chi connectivity index (χ4v) is 1.96. The number of sulfone groups is 1. The summed E-state index contributed by atoms with van der Waals surface area (Å²) in [5.41, 5.74) is 7.32. The highest BCUT2D eigenvalue weighted by molar-refractivity contribution is 7.90. The molecule has 1 rings (SSSR count). The van der Waals surface area contributed by atoms with Crippen molar-refractivity contribution in [2.45, 2.75) is 24.7 Å². The third-order valence-electron chi connectivity index (χ3n) is 2.06. The van der Waals surface area contributed by atoms with E-state index in [0.717, 1.165) is 18.4 Å². The second kappa shape index (κ2) is 4.00. The van der Waals surface area contributed by atoms with Gasteiger partial charge in [-0.3, -0.25) is 0 Å². The van der Waals surface area contributed by atoms with E-state index in [1.54, 1.807) is 12.1 Å². The van der Waals surface area contributed by atoms with Crippen LogP contribution in [0.4, 0.5) is 5.69 Å². The number of rotatable bonds is 3. The second-order valence-corrected chi connectivity index (χ2v) is 5.40. The van der Waals surface area contributed by atoms with Crippen molar-refractivity contribution in [3.05, 3.63) is 23.8 Å². The van der Waals surface area contributed by atoms with Crippen LogP contribution in [0.5, 0.6) is 0 Å². The fourth-order valence-electron chi connectivity index (χ4n) is 1.30. The van der Waals surface area contributed by atoms with Gasteiger partial charge in [-0.2, -0.15) is 0 Å². The van der Waals surface area contributed by atoms with E-state index in [9.17, 15) is 8.42 Å². The zero-order valence-electron chi connectivity index (χ0n) is 8.45. The molecule has 3 nitrogen and oxygen atoms in total. The highest BCUT2D eigenvalue weighted by atomic mass is 32.2. The van der Waals surface area contributed by atoms with Crippen LogP contribution in [-0.2, 0) is 16.3 Å². The van der Waals surface area contributed by atoms with Gasteiger partial charge in [0, 0.05) is 11.9 Å². The number of benzene rings is 1. The lowest BCUT2D eigenvalue weighted by Gasteiger charge is -2.05. The van der Waals surface area contributed by atoms with E-state index in [1.807, 2.05) is 0 Å². The molecule has 0 fully saturated rings. The van der Waals surface area contributed by atoms with Gasteiger partial charge in [0.2, 0.25) is 0 Å². The zero-order chi connectivity index (χ0) is 10.8. The summed E-state index contributed by atoms with van der Waals surface area (Å²) in [6.45, 7) is 2.06. The minimum absolute atomic E-state index is 0.287. The van der Waals surface area contributed by atoms with Gasteiger partial charge in [-0.1, -0.05) is 19.4 Å². The van der Waals surface area contributed by atoms with Gasteiger partial charge >= 0.3 is 0 Å². The zero-order valence-corrected chi connectivity index (χ0v) is 9.26. The first-order valence-corrected chi connectivity index (χ1v) is 6.42. The van der Waals surface area contributed by atoms with Crippen LogP contribution in [0.2, 0.25) is 0 Å². The molecule has 2 N–H and O–H groups in total. The number of hydrogen-bond acceptors (Lipinski definition) is 3. The Morgan fingerprint density at radius 1 is 1.36 bits per heavy atom. The lowest BCUT2D eigenvalue weighted by Crippen LogP contribution is -2.01. The van der Waals surface area contributed by atoms with Crippen molar-refractivity contribution < 1.29 is 8.42 Å². The second-order valence-electron chi connectivity index (χ2n) is 3.38. The summed E-state index contributed by atoms with van der Waals surface area (Å²) >= 11 is 0. The van der Waals surface area contributed by atoms with Crippen molar-refractivity contribution in [1.29, 1.82) is 0 Å². The van der Waals surface area contributed by atoms with E-state index in [1.165, 1.54) is 12.3 Å². The van der Waals surface area contributed by atoms with Crippen molar-refractivity contribution in [1.82, 2.24) is 0 Å². The SMILES string of the molecule is CCCc1ccc(S(C)(=O)=O)cc1N. The Balaban J connectivity index is 3.13. The molecule has 78 valence electrons. The molecule has 0 spiro atoms. The van der Waals surface area contributed by atoms with E-state index in [-0.39, 0.29) is 4.90 Å². The first-order chi connectivity index (χ1) is 6.45. The average molecular weight is 213 g/mol. The number of aryl methyl sites for hydroxylation is 1. The van der Waals surface area contributed by atoms with Crippen LogP contribution in [-0.4, -0.2) is 14.7 Å². The van der Waals surface area contributed by atoms with Gasteiger partial charge in [0.25, 0.3) is 0 Å². The van der Waals surface area contributed by atoms with Gasteiger partial charge in [0.15, 0.2) is 9.84 Å². The summed E-state index contributed by atoms with van der Waals surface area (Å²) in [7, 11) is -3.14. The Kier molecular flexibility index (Phi) is 3.16. The molecular formula is C10H15NO2S. The van der Waals surface area contributed by atoms with Crippen molar-refractivity contribution >= 4 is 15.5 Å². The molecule has 0 aliphatic rings. The molecule has 0 bridgehead atoms. The van der Waals surface area contributed by atoms with Gasteiger partial charge in [-0.25, -0.2) is 8.42 Å². The minimum atomic E-state index is -3.14. The van der Waals surface area contributed by atoms with E-state index in [4.69, 9.17) is 5.73 Å². The van der Waals surface area contributed by atoms with Gasteiger partial charge in [0.05, 0.1) is 4.90 Å². The molecule has 1 aromatic carbocycles. The van der Waals surface area contributed by atoms with Crippen LogP contribution in [0.3, 0.4) is 0 Å². The fraction of sp³-hybridized carbons (Fsp3) is 0.400. The molecular weight excluding hydrogens is 198 g/mol. The summed E-state index contributed by atoms with van der Waals surface area (Å²) < 4.78 is 22.4. The number of nitrogens with two attached hydrogens (primary N) is 1. The molecule has 1 aromatic rings. The maximum Gasteiger partial charge on any atom is 0.175 e. The maximum absolute atomic E-state index is 11.2. The van der Waals surface area contributed by atoms with Gasteiger partial charge < -0.3 is 5.73 Å². The van der Waals surface area contributed by atoms with Gasteiger partial charge in [0.1, 0.15) is 0 Å². The van der Waals surface area contributed by atoms with Crippen LogP contribution >= 0.6 is 0 Å². The predicted octanol–water partition coefficient (Wildman–Crippen LogP) is 1.62. The summed E-state index contributed by atoms with van der Waals surface area (Å²) in [5.74, 6) is 0. The highest BCUT2D eigenvalue weighted by Crippen LogP contribution is 2.19. The Morgan fingerprint density at radius 2 is 2.00 bits per heavy atom. The lowest BCUT2D eigenvalue weighted by atomic mass is 10.1. The molecule has 0 heterocycles. The van der Waals surface area contributed by atoms with E-state index >= 15 is 0 Å². The minimum Gasteiger partial charge on any atom is -0.398 e. The molecule has 4 heteroatoms. The molecule has 0 unspecified atom stereocenters. The van der Waals surface area contributed by atoms with Crippen LogP contribution in [0.15, 0.2) is 23.1 Å². The quantitative estimate of drug-likeness (QED) is 0.776.